The number of nitrogens with zero attached hydrogens (tertiary/aromatic N) is 7. The van der Waals surface area contributed by atoms with Crippen LogP contribution < -0.4 is 10.2 Å². The molecule has 11 nitrogen and oxygen atoms in total. The minimum absolute atomic E-state index is 0.0640. The van der Waals surface area contributed by atoms with Gasteiger partial charge >= 0.3 is 0 Å². The highest BCUT2D eigenvalue weighted by molar-refractivity contribution is 6.09. The molecule has 5 fully saturated rings. The molecule has 2 amide bonds. The lowest BCUT2D eigenvalue weighted by Gasteiger charge is -2.46. The average molecular weight is 719 g/mol. The summed E-state index contributed by atoms with van der Waals surface area (Å²) in [5.41, 5.74) is 4.72. The quantitative estimate of drug-likeness (QED) is 0.240. The molecule has 3 saturated heterocycles. The summed E-state index contributed by atoms with van der Waals surface area (Å²) in [6.07, 6.45) is 11.8. The Hall–Kier alpha value is -4.42. The summed E-state index contributed by atoms with van der Waals surface area (Å²) in [5, 5.41) is 3.24. The first-order valence-electron chi connectivity index (χ1n) is 19.6. The topological polar surface area (TPSA) is 109 Å². The molecule has 2 saturated carbocycles. The van der Waals surface area contributed by atoms with E-state index >= 15 is 0 Å². The molecule has 0 radical (unpaired) electrons. The number of aromatic nitrogens is 4. The van der Waals surface area contributed by atoms with Gasteiger partial charge in [-0.05, 0) is 101 Å². The number of hydrogen-bond donors (Lipinski definition) is 1. The second kappa shape index (κ2) is 12.6. The van der Waals surface area contributed by atoms with E-state index in [9.17, 15) is 14.0 Å². The van der Waals surface area contributed by atoms with Gasteiger partial charge in [-0.15, -0.1) is 0 Å². The molecule has 1 aromatic carbocycles. The predicted molar refractivity (Wildman–Crippen MR) is 199 cm³/mol. The maximum atomic E-state index is 14.9. The Kier molecular flexibility index (Phi) is 7.87. The number of anilines is 3. The number of fused-ring (bicyclic) bond motifs is 4. The fraction of sp³-hybridized carbons (Fsp3) is 0.537. The number of pyridine rings is 2. The van der Waals surface area contributed by atoms with Crippen molar-refractivity contribution in [3.63, 3.8) is 0 Å². The first-order chi connectivity index (χ1) is 25.8. The van der Waals surface area contributed by atoms with Gasteiger partial charge in [0.2, 0.25) is 5.91 Å². The lowest BCUT2D eigenvalue weighted by atomic mass is 9.73. The van der Waals surface area contributed by atoms with Gasteiger partial charge in [-0.3, -0.25) is 19.5 Å². The zero-order valence-electron chi connectivity index (χ0n) is 30.5. The standard InChI is InChI=1S/C41H47FN8O3/c1-24(2)49-23-44-34-19-33(46-38(37(34)49)45-32-9-12-43-20-31(32)42)25-7-8-30-35(16-25)50(29-17-28(18-29)48-21-26-5-6-27(26)22-48)40(52)41(30)10-13-47(14-11-41)39(51)36-4-3-15-53-36/h7-9,12,16,19-20,23-24,26-29,36H,3-6,10-11,13-15,17-18,21-22H2,1-2H3,(H,43,45,46)/t26-,27+,28-,29+,36-/m0/s1. The van der Waals surface area contributed by atoms with E-state index in [0.717, 1.165) is 65.4 Å². The molecule has 12 heteroatoms. The van der Waals surface area contributed by atoms with Crippen LogP contribution in [-0.4, -0.2) is 92.1 Å². The Morgan fingerprint density at radius 2 is 1.83 bits per heavy atom. The van der Waals surface area contributed by atoms with Crippen LogP contribution in [0.4, 0.5) is 21.6 Å². The van der Waals surface area contributed by atoms with Crippen LogP contribution in [0.3, 0.4) is 0 Å². The van der Waals surface area contributed by atoms with Gasteiger partial charge in [-0.2, -0.15) is 0 Å². The van der Waals surface area contributed by atoms with Crippen LogP contribution in [0, 0.1) is 17.7 Å². The third-order valence-corrected chi connectivity index (χ3v) is 13.4. The van der Waals surface area contributed by atoms with Gasteiger partial charge in [0.15, 0.2) is 11.6 Å². The summed E-state index contributed by atoms with van der Waals surface area (Å²) in [6.45, 7) is 8.29. The SMILES string of the molecule is CC(C)n1cnc2cc(-c3ccc4c(c3)N([C@H]3C[C@@H](N5C[C@H]6CC[C@H]6C5)C3)C(=O)C43CCN(C(=O)[C@@H]4CCCO4)CC3)nc(Nc3ccncc3F)c21. The molecule has 3 atom stereocenters. The Bertz CT molecular complexity index is 2090. The number of nitrogens with one attached hydrogen (secondary N) is 1. The summed E-state index contributed by atoms with van der Waals surface area (Å²) in [5.74, 6) is 2.00. The van der Waals surface area contributed by atoms with Crippen molar-refractivity contribution < 1.29 is 18.7 Å². The van der Waals surface area contributed by atoms with Crippen molar-refractivity contribution in [1.29, 1.82) is 0 Å². The smallest absolute Gasteiger partial charge is 0.251 e. The van der Waals surface area contributed by atoms with E-state index in [4.69, 9.17) is 14.7 Å². The minimum Gasteiger partial charge on any atom is -0.368 e. The highest BCUT2D eigenvalue weighted by Gasteiger charge is 2.56. The fourth-order valence-corrected chi connectivity index (χ4v) is 10.1. The molecule has 1 N–H and O–H groups in total. The van der Waals surface area contributed by atoms with Gasteiger partial charge in [0.05, 0.1) is 34.8 Å². The number of halogens is 1. The summed E-state index contributed by atoms with van der Waals surface area (Å²) >= 11 is 0. The van der Waals surface area contributed by atoms with E-state index in [1.807, 2.05) is 15.5 Å². The maximum Gasteiger partial charge on any atom is 0.251 e. The molecule has 276 valence electrons. The van der Waals surface area contributed by atoms with Crippen molar-refractivity contribution in [2.75, 3.05) is 43.0 Å². The number of likely N-dealkylation sites (tertiary alicyclic amines) is 2. The van der Waals surface area contributed by atoms with Crippen LogP contribution in [0.2, 0.25) is 0 Å². The Morgan fingerprint density at radius 3 is 2.53 bits per heavy atom. The van der Waals surface area contributed by atoms with Crippen LogP contribution in [0.1, 0.15) is 76.8 Å². The monoisotopic (exact) mass is 718 g/mol. The summed E-state index contributed by atoms with van der Waals surface area (Å²) in [6, 6.07) is 10.7. The molecule has 3 aromatic heterocycles. The van der Waals surface area contributed by atoms with Gasteiger partial charge in [0.1, 0.15) is 11.6 Å². The molecule has 7 heterocycles. The number of imidazole rings is 1. The molecule has 0 unspecified atom stereocenters. The summed E-state index contributed by atoms with van der Waals surface area (Å²) in [4.78, 5) is 48.7. The molecule has 1 spiro atoms. The molecular formula is C41H47FN8O3. The number of piperidine rings is 1. The zero-order valence-corrected chi connectivity index (χ0v) is 30.5. The van der Waals surface area contributed by atoms with Gasteiger partial charge < -0.3 is 24.4 Å². The van der Waals surface area contributed by atoms with Crippen molar-refractivity contribution in [2.45, 2.75) is 94.9 Å². The number of ether oxygens (including phenoxy) is 1. The zero-order chi connectivity index (χ0) is 36.0. The molecule has 2 aliphatic carbocycles. The highest BCUT2D eigenvalue weighted by Crippen LogP contribution is 2.53. The lowest BCUT2D eigenvalue weighted by molar-refractivity contribution is -0.144. The Morgan fingerprint density at radius 1 is 1.04 bits per heavy atom. The Labute approximate surface area is 308 Å². The van der Waals surface area contributed by atoms with Crippen molar-refractivity contribution in [2.24, 2.45) is 11.8 Å². The molecule has 4 aromatic rings. The van der Waals surface area contributed by atoms with Crippen LogP contribution in [0.25, 0.3) is 22.3 Å². The van der Waals surface area contributed by atoms with Crippen molar-refractivity contribution in [1.82, 2.24) is 29.3 Å². The largest absolute Gasteiger partial charge is 0.368 e. The maximum absolute atomic E-state index is 14.9. The van der Waals surface area contributed by atoms with Crippen molar-refractivity contribution in [3.8, 4) is 11.3 Å². The number of carbonyl (C=O) groups excluding carboxylic acids is 2. The second-order valence-corrected chi connectivity index (χ2v) is 16.6. The summed E-state index contributed by atoms with van der Waals surface area (Å²) < 4.78 is 22.6. The summed E-state index contributed by atoms with van der Waals surface area (Å²) in [7, 11) is 0. The van der Waals surface area contributed by atoms with E-state index in [1.54, 1.807) is 18.6 Å². The molecule has 6 aliphatic rings. The fourth-order valence-electron chi connectivity index (χ4n) is 10.1. The normalized spacial score (nSPS) is 27.7. The van der Waals surface area contributed by atoms with Crippen LogP contribution in [0.5, 0.6) is 0 Å². The third-order valence-electron chi connectivity index (χ3n) is 13.4. The van der Waals surface area contributed by atoms with Gasteiger partial charge in [-0.1, -0.05) is 12.1 Å². The van der Waals surface area contributed by atoms with Crippen molar-refractivity contribution >= 4 is 40.0 Å². The first kappa shape index (κ1) is 33.2. The van der Waals surface area contributed by atoms with Gasteiger partial charge in [-0.25, -0.2) is 14.4 Å². The van der Waals surface area contributed by atoms with E-state index in [2.05, 4.69) is 52.1 Å². The van der Waals surface area contributed by atoms with Gasteiger partial charge in [0.25, 0.3) is 5.91 Å². The minimum atomic E-state index is -0.669. The first-order valence-corrected chi connectivity index (χ1v) is 19.6. The van der Waals surface area contributed by atoms with E-state index in [0.29, 0.717) is 50.1 Å². The second-order valence-electron chi connectivity index (χ2n) is 16.6. The van der Waals surface area contributed by atoms with Crippen LogP contribution in [0.15, 0.2) is 49.1 Å². The predicted octanol–water partition coefficient (Wildman–Crippen LogP) is 6.22. The van der Waals surface area contributed by atoms with E-state index in [-0.39, 0.29) is 35.7 Å². The number of carbonyl (C=O) groups is 2. The number of rotatable bonds is 7. The highest BCUT2D eigenvalue weighted by atomic mass is 19.1. The molecule has 0 bridgehead atoms. The molecular weight excluding hydrogens is 672 g/mol. The Balaban J connectivity index is 1.01. The number of amides is 2. The lowest BCUT2D eigenvalue weighted by Crippen LogP contribution is -2.58. The average Bonchev–Trinajstić information content (AvgIpc) is 3.93. The van der Waals surface area contributed by atoms with Gasteiger partial charge in [0, 0.05) is 68.4 Å². The molecule has 53 heavy (non-hydrogen) atoms. The van der Waals surface area contributed by atoms with E-state index in [1.165, 1.54) is 32.1 Å². The van der Waals surface area contributed by atoms with Crippen LogP contribution >= 0.6 is 0 Å². The van der Waals surface area contributed by atoms with Crippen LogP contribution in [-0.2, 0) is 19.7 Å². The number of benzene rings is 1. The van der Waals surface area contributed by atoms with E-state index < -0.39 is 11.2 Å². The molecule has 10 rings (SSSR count). The number of hydrogen-bond acceptors (Lipinski definition) is 8. The van der Waals surface area contributed by atoms with Crippen molar-refractivity contribution in [3.05, 3.63) is 60.4 Å². The molecule has 4 aliphatic heterocycles. The third kappa shape index (κ3) is 5.30.